The highest BCUT2D eigenvalue weighted by Crippen LogP contribution is 2.40. The lowest BCUT2D eigenvalue weighted by Gasteiger charge is -2.23. The van der Waals surface area contributed by atoms with E-state index in [1.54, 1.807) is 35.2 Å². The maximum atomic E-state index is 13.3. The summed E-state index contributed by atoms with van der Waals surface area (Å²) in [5.74, 6) is 0.185. The standard InChI is InChI=1S/C26H23ClF3NO2/c27-23-5-2-4-22(16-23)25(32)31(17-19-7-9-20(10-8-19)21-11-12-21)14-13-18-3-1-6-24(15-18)33-26(28,29)30/h1-10,15-16,21H,11-14,17H2. The van der Waals surface area contributed by atoms with Gasteiger partial charge >= 0.3 is 6.36 Å². The summed E-state index contributed by atoms with van der Waals surface area (Å²) >= 11 is 6.07. The number of alkyl halides is 3. The molecule has 1 fully saturated rings. The van der Waals surface area contributed by atoms with Crippen LogP contribution in [0.4, 0.5) is 13.2 Å². The average molecular weight is 474 g/mol. The Kier molecular flexibility index (Phi) is 6.94. The number of amides is 1. The van der Waals surface area contributed by atoms with Crippen molar-refractivity contribution in [2.75, 3.05) is 6.54 Å². The fourth-order valence-corrected chi connectivity index (χ4v) is 3.94. The number of carbonyl (C=O) groups is 1. The van der Waals surface area contributed by atoms with E-state index in [1.165, 1.54) is 36.6 Å². The van der Waals surface area contributed by atoms with Gasteiger partial charge in [0.2, 0.25) is 0 Å². The van der Waals surface area contributed by atoms with Crippen LogP contribution in [0.3, 0.4) is 0 Å². The smallest absolute Gasteiger partial charge is 0.406 e. The van der Waals surface area contributed by atoms with E-state index in [9.17, 15) is 18.0 Å². The first-order valence-corrected chi connectivity index (χ1v) is 11.1. The molecule has 3 nitrogen and oxygen atoms in total. The van der Waals surface area contributed by atoms with E-state index in [2.05, 4.69) is 16.9 Å². The van der Waals surface area contributed by atoms with Crippen molar-refractivity contribution in [3.05, 3.63) is 100 Å². The Hall–Kier alpha value is -2.99. The number of rotatable bonds is 8. The molecule has 3 aromatic rings. The minimum Gasteiger partial charge on any atom is -0.406 e. The van der Waals surface area contributed by atoms with Crippen molar-refractivity contribution in [1.29, 1.82) is 0 Å². The lowest BCUT2D eigenvalue weighted by molar-refractivity contribution is -0.274. The summed E-state index contributed by atoms with van der Waals surface area (Å²) in [4.78, 5) is 14.9. The van der Waals surface area contributed by atoms with E-state index in [1.807, 2.05) is 12.1 Å². The Morgan fingerprint density at radius 1 is 0.970 bits per heavy atom. The third-order valence-electron chi connectivity index (χ3n) is 5.56. The summed E-state index contributed by atoms with van der Waals surface area (Å²) < 4.78 is 41.7. The second-order valence-electron chi connectivity index (χ2n) is 8.20. The first-order valence-electron chi connectivity index (χ1n) is 10.8. The van der Waals surface area contributed by atoms with Gasteiger partial charge < -0.3 is 9.64 Å². The van der Waals surface area contributed by atoms with E-state index >= 15 is 0 Å². The molecule has 1 aliphatic rings. The SMILES string of the molecule is O=C(c1cccc(Cl)c1)N(CCc1cccc(OC(F)(F)F)c1)Cc1ccc(C2CC2)cc1. The predicted molar refractivity (Wildman–Crippen MR) is 121 cm³/mol. The maximum absolute atomic E-state index is 13.3. The van der Waals surface area contributed by atoms with Crippen LogP contribution in [0.15, 0.2) is 72.8 Å². The van der Waals surface area contributed by atoms with Crippen molar-refractivity contribution < 1.29 is 22.7 Å². The zero-order valence-electron chi connectivity index (χ0n) is 17.8. The van der Waals surface area contributed by atoms with Crippen LogP contribution in [0.2, 0.25) is 5.02 Å². The molecule has 0 radical (unpaired) electrons. The number of carbonyl (C=O) groups excluding carboxylic acids is 1. The summed E-state index contributed by atoms with van der Waals surface area (Å²) in [6.45, 7) is 0.709. The largest absolute Gasteiger partial charge is 0.573 e. The van der Waals surface area contributed by atoms with Gasteiger partial charge in [-0.05, 0) is 72.2 Å². The number of hydrogen-bond acceptors (Lipinski definition) is 2. The lowest BCUT2D eigenvalue weighted by atomic mass is 10.1. The molecular formula is C26H23ClF3NO2. The summed E-state index contributed by atoms with van der Waals surface area (Å²) in [5.41, 5.74) is 3.41. The Labute approximate surface area is 195 Å². The summed E-state index contributed by atoms with van der Waals surface area (Å²) in [5, 5.41) is 0.464. The van der Waals surface area contributed by atoms with Crippen molar-refractivity contribution in [3.63, 3.8) is 0 Å². The van der Waals surface area contributed by atoms with Gasteiger partial charge in [0.15, 0.2) is 0 Å². The van der Waals surface area contributed by atoms with Gasteiger partial charge in [0.05, 0.1) is 0 Å². The molecule has 1 amide bonds. The van der Waals surface area contributed by atoms with Crippen LogP contribution in [-0.4, -0.2) is 23.7 Å². The predicted octanol–water partition coefficient (Wildman–Crippen LogP) is 7.00. The van der Waals surface area contributed by atoms with Crippen molar-refractivity contribution in [2.24, 2.45) is 0 Å². The van der Waals surface area contributed by atoms with Crippen LogP contribution < -0.4 is 4.74 Å². The molecule has 0 unspecified atom stereocenters. The highest BCUT2D eigenvalue weighted by atomic mass is 35.5. The van der Waals surface area contributed by atoms with Crippen molar-refractivity contribution in [1.82, 2.24) is 4.90 Å². The van der Waals surface area contributed by atoms with E-state index in [0.29, 0.717) is 41.6 Å². The second kappa shape index (κ2) is 9.87. The summed E-state index contributed by atoms with van der Waals surface area (Å²) in [7, 11) is 0. The summed E-state index contributed by atoms with van der Waals surface area (Å²) in [6.07, 6.45) is -1.94. The van der Waals surface area contributed by atoms with Crippen molar-refractivity contribution in [3.8, 4) is 5.75 Å². The average Bonchev–Trinajstić information content (AvgIpc) is 3.61. The maximum Gasteiger partial charge on any atom is 0.573 e. The first-order chi connectivity index (χ1) is 15.8. The lowest BCUT2D eigenvalue weighted by Crippen LogP contribution is -2.32. The molecule has 0 bridgehead atoms. The first kappa shape index (κ1) is 23.2. The topological polar surface area (TPSA) is 29.5 Å². The number of nitrogens with zero attached hydrogens (tertiary/aromatic N) is 1. The fourth-order valence-electron chi connectivity index (χ4n) is 3.75. The van der Waals surface area contributed by atoms with Gasteiger partial charge in [0, 0.05) is 23.7 Å². The van der Waals surface area contributed by atoms with Crippen LogP contribution >= 0.6 is 11.6 Å². The highest BCUT2D eigenvalue weighted by Gasteiger charge is 2.31. The van der Waals surface area contributed by atoms with E-state index < -0.39 is 6.36 Å². The van der Waals surface area contributed by atoms with Crippen LogP contribution in [-0.2, 0) is 13.0 Å². The molecule has 172 valence electrons. The molecule has 0 aliphatic heterocycles. The Balaban J connectivity index is 1.50. The molecule has 33 heavy (non-hydrogen) atoms. The van der Waals surface area contributed by atoms with Crippen LogP contribution in [0, 0.1) is 0 Å². The Morgan fingerprint density at radius 2 is 1.70 bits per heavy atom. The second-order valence-corrected chi connectivity index (χ2v) is 8.63. The molecule has 0 heterocycles. The van der Waals surface area contributed by atoms with Gasteiger partial charge in [-0.2, -0.15) is 0 Å². The monoisotopic (exact) mass is 473 g/mol. The van der Waals surface area contributed by atoms with Gasteiger partial charge in [-0.15, -0.1) is 13.2 Å². The normalized spacial score (nSPS) is 13.6. The molecule has 0 spiro atoms. The molecule has 1 aliphatic carbocycles. The van der Waals surface area contributed by atoms with E-state index in [0.717, 1.165) is 5.56 Å². The molecule has 7 heteroatoms. The molecule has 4 rings (SSSR count). The molecule has 3 aromatic carbocycles. The van der Waals surface area contributed by atoms with Gasteiger partial charge in [-0.1, -0.05) is 54.1 Å². The highest BCUT2D eigenvalue weighted by molar-refractivity contribution is 6.30. The number of benzene rings is 3. The van der Waals surface area contributed by atoms with E-state index in [-0.39, 0.29) is 11.7 Å². The van der Waals surface area contributed by atoms with Gasteiger partial charge in [-0.3, -0.25) is 4.79 Å². The number of hydrogen-bond donors (Lipinski definition) is 0. The quantitative estimate of drug-likeness (QED) is 0.352. The molecule has 0 saturated heterocycles. The zero-order valence-corrected chi connectivity index (χ0v) is 18.6. The van der Waals surface area contributed by atoms with Gasteiger partial charge in [-0.25, -0.2) is 0 Å². The molecule has 1 saturated carbocycles. The van der Waals surface area contributed by atoms with Gasteiger partial charge in [0.1, 0.15) is 5.75 Å². The zero-order chi connectivity index (χ0) is 23.4. The molecular weight excluding hydrogens is 451 g/mol. The number of halogens is 4. The van der Waals surface area contributed by atoms with Gasteiger partial charge in [0.25, 0.3) is 5.91 Å². The van der Waals surface area contributed by atoms with Crippen molar-refractivity contribution >= 4 is 17.5 Å². The third kappa shape index (κ3) is 6.75. The van der Waals surface area contributed by atoms with E-state index in [4.69, 9.17) is 11.6 Å². The van der Waals surface area contributed by atoms with Crippen LogP contribution in [0.5, 0.6) is 5.75 Å². The third-order valence-corrected chi connectivity index (χ3v) is 5.80. The Morgan fingerprint density at radius 3 is 2.36 bits per heavy atom. The fraction of sp³-hybridized carbons (Fsp3) is 0.269. The minimum absolute atomic E-state index is 0.188. The van der Waals surface area contributed by atoms with Crippen LogP contribution in [0.25, 0.3) is 0 Å². The molecule has 0 N–H and O–H groups in total. The summed E-state index contributed by atoms with van der Waals surface area (Å²) in [6, 6.07) is 20.8. The molecule has 0 atom stereocenters. The number of ether oxygens (including phenoxy) is 1. The van der Waals surface area contributed by atoms with Crippen molar-refractivity contribution in [2.45, 2.75) is 38.1 Å². The minimum atomic E-state index is -4.75. The molecule has 0 aromatic heterocycles. The van der Waals surface area contributed by atoms with Crippen LogP contribution in [0.1, 0.15) is 45.8 Å². The Bertz CT molecular complexity index is 1110.